The number of ether oxygens (including phenoxy) is 1. The van der Waals surface area contributed by atoms with Gasteiger partial charge in [-0.1, -0.05) is 35.9 Å². The molecule has 0 fully saturated rings. The van der Waals surface area contributed by atoms with Gasteiger partial charge in [-0.2, -0.15) is 13.2 Å². The molecule has 0 radical (unpaired) electrons. The van der Waals surface area contributed by atoms with Gasteiger partial charge in [0.15, 0.2) is 0 Å². The van der Waals surface area contributed by atoms with Gasteiger partial charge < -0.3 is 10.1 Å². The monoisotopic (exact) mass is 385 g/mol. The zero-order valence-electron chi connectivity index (χ0n) is 13.6. The van der Waals surface area contributed by atoms with Crippen molar-refractivity contribution >= 4 is 23.5 Å². The fourth-order valence-electron chi connectivity index (χ4n) is 2.32. The molecule has 0 aliphatic carbocycles. The van der Waals surface area contributed by atoms with E-state index >= 15 is 0 Å². The highest BCUT2D eigenvalue weighted by molar-refractivity contribution is 6.31. The first kappa shape index (κ1) is 19.8. The largest absolute Gasteiger partial charge is 0.469 e. The van der Waals surface area contributed by atoms with Gasteiger partial charge in [-0.15, -0.1) is 0 Å². The number of esters is 1. The summed E-state index contributed by atoms with van der Waals surface area (Å²) in [4.78, 5) is 24.1. The SMILES string of the molecule is COC(=O)CC(NC(=O)c1cccc(C(F)(F)F)c1)c1ccccc1Cl. The molecule has 8 heteroatoms. The molecule has 0 saturated carbocycles. The quantitative estimate of drug-likeness (QED) is 0.776. The fraction of sp³-hybridized carbons (Fsp3) is 0.222. The first-order chi connectivity index (χ1) is 12.2. The molecule has 1 amide bonds. The number of carbonyl (C=O) groups is 2. The molecule has 0 heterocycles. The van der Waals surface area contributed by atoms with E-state index in [0.29, 0.717) is 10.6 Å². The lowest BCUT2D eigenvalue weighted by atomic mass is 10.0. The number of hydrogen-bond donors (Lipinski definition) is 1. The standard InChI is InChI=1S/C18H15ClF3NO3/c1-26-16(24)10-15(13-7-2-3-8-14(13)19)23-17(25)11-5-4-6-12(9-11)18(20,21)22/h2-9,15H,10H2,1H3,(H,23,25). The summed E-state index contributed by atoms with van der Waals surface area (Å²) in [5, 5.41) is 2.85. The molecule has 1 unspecified atom stereocenters. The van der Waals surface area contributed by atoms with Crippen LogP contribution in [0.2, 0.25) is 5.02 Å². The predicted molar refractivity (Wildman–Crippen MR) is 89.7 cm³/mol. The summed E-state index contributed by atoms with van der Waals surface area (Å²) in [7, 11) is 1.20. The van der Waals surface area contributed by atoms with Gasteiger partial charge >= 0.3 is 12.1 Å². The van der Waals surface area contributed by atoms with Crippen molar-refractivity contribution in [3.05, 3.63) is 70.2 Å². The van der Waals surface area contributed by atoms with Gasteiger partial charge in [0, 0.05) is 10.6 Å². The lowest BCUT2D eigenvalue weighted by Crippen LogP contribution is -2.31. The molecule has 0 aliphatic heterocycles. The Kier molecular flexibility index (Phi) is 6.26. The summed E-state index contributed by atoms with van der Waals surface area (Å²) in [6.45, 7) is 0. The molecule has 1 atom stereocenters. The van der Waals surface area contributed by atoms with Crippen LogP contribution in [0, 0.1) is 0 Å². The second-order valence-corrected chi connectivity index (χ2v) is 5.81. The van der Waals surface area contributed by atoms with Crippen LogP contribution in [0.1, 0.15) is 33.9 Å². The zero-order valence-corrected chi connectivity index (χ0v) is 14.4. The summed E-state index contributed by atoms with van der Waals surface area (Å²) >= 11 is 6.11. The topological polar surface area (TPSA) is 55.4 Å². The summed E-state index contributed by atoms with van der Waals surface area (Å²) in [6.07, 6.45) is -4.78. The van der Waals surface area contributed by atoms with Crippen LogP contribution in [0.3, 0.4) is 0 Å². The number of hydrogen-bond acceptors (Lipinski definition) is 3. The fourth-order valence-corrected chi connectivity index (χ4v) is 2.59. The van der Waals surface area contributed by atoms with Gasteiger partial charge in [-0.25, -0.2) is 0 Å². The lowest BCUT2D eigenvalue weighted by Gasteiger charge is -2.19. The minimum Gasteiger partial charge on any atom is -0.469 e. The number of carbonyl (C=O) groups excluding carboxylic acids is 2. The Morgan fingerprint density at radius 3 is 2.46 bits per heavy atom. The van der Waals surface area contributed by atoms with Crippen LogP contribution in [0.15, 0.2) is 48.5 Å². The van der Waals surface area contributed by atoms with Crippen LogP contribution >= 0.6 is 11.6 Å². The van der Waals surface area contributed by atoms with Crippen LogP contribution in [-0.2, 0) is 15.7 Å². The maximum Gasteiger partial charge on any atom is 0.416 e. The molecule has 0 bridgehead atoms. The van der Waals surface area contributed by atoms with Gasteiger partial charge in [0.05, 0.1) is 25.1 Å². The molecule has 2 rings (SSSR count). The zero-order chi connectivity index (χ0) is 19.3. The number of halogens is 4. The smallest absolute Gasteiger partial charge is 0.416 e. The van der Waals surface area contributed by atoms with E-state index in [9.17, 15) is 22.8 Å². The van der Waals surface area contributed by atoms with E-state index in [1.54, 1.807) is 24.3 Å². The van der Waals surface area contributed by atoms with E-state index in [1.807, 2.05) is 0 Å². The molecule has 2 aromatic carbocycles. The Labute approximate surface area is 152 Å². The lowest BCUT2D eigenvalue weighted by molar-refractivity contribution is -0.141. The van der Waals surface area contributed by atoms with Gasteiger partial charge in [0.1, 0.15) is 0 Å². The van der Waals surface area contributed by atoms with E-state index < -0.39 is 29.7 Å². The number of amides is 1. The molecule has 2 aromatic rings. The van der Waals surface area contributed by atoms with Crippen LogP contribution in [0.25, 0.3) is 0 Å². The number of methoxy groups -OCH3 is 1. The van der Waals surface area contributed by atoms with Crippen molar-refractivity contribution in [2.24, 2.45) is 0 Å². The van der Waals surface area contributed by atoms with E-state index in [-0.39, 0.29) is 12.0 Å². The maximum atomic E-state index is 12.8. The Bertz CT molecular complexity index is 808. The highest BCUT2D eigenvalue weighted by Gasteiger charge is 2.31. The van der Waals surface area contributed by atoms with Crippen LogP contribution in [0.5, 0.6) is 0 Å². The average Bonchev–Trinajstić information content (AvgIpc) is 2.60. The Morgan fingerprint density at radius 2 is 1.85 bits per heavy atom. The highest BCUT2D eigenvalue weighted by Crippen LogP contribution is 2.30. The van der Waals surface area contributed by atoms with Crippen LogP contribution < -0.4 is 5.32 Å². The van der Waals surface area contributed by atoms with Crippen molar-refractivity contribution < 1.29 is 27.5 Å². The highest BCUT2D eigenvalue weighted by atomic mass is 35.5. The summed E-state index contributed by atoms with van der Waals surface area (Å²) < 4.78 is 43.1. The second kappa shape index (κ2) is 8.23. The third-order valence-corrected chi connectivity index (χ3v) is 3.98. The van der Waals surface area contributed by atoms with Crippen molar-refractivity contribution in [2.45, 2.75) is 18.6 Å². The van der Waals surface area contributed by atoms with Crippen LogP contribution in [0.4, 0.5) is 13.2 Å². The predicted octanol–water partition coefficient (Wildman–Crippen LogP) is 4.39. The number of alkyl halides is 3. The number of rotatable bonds is 5. The maximum absolute atomic E-state index is 12.8. The van der Waals surface area contributed by atoms with Crippen molar-refractivity contribution in [3.8, 4) is 0 Å². The third kappa shape index (κ3) is 4.98. The van der Waals surface area contributed by atoms with Gasteiger partial charge in [-0.3, -0.25) is 9.59 Å². The van der Waals surface area contributed by atoms with Gasteiger partial charge in [-0.05, 0) is 29.8 Å². The third-order valence-electron chi connectivity index (χ3n) is 3.64. The van der Waals surface area contributed by atoms with Crippen molar-refractivity contribution in [3.63, 3.8) is 0 Å². The molecule has 0 aromatic heterocycles. The minimum absolute atomic E-state index is 0.179. The molecule has 0 saturated heterocycles. The Hall–Kier alpha value is -2.54. The molecule has 138 valence electrons. The molecule has 4 nitrogen and oxygen atoms in total. The normalized spacial score (nSPS) is 12.3. The van der Waals surface area contributed by atoms with E-state index in [2.05, 4.69) is 10.1 Å². The summed E-state index contributed by atoms with van der Waals surface area (Å²) in [5.41, 5.74) is -0.658. The first-order valence-electron chi connectivity index (χ1n) is 7.51. The number of nitrogens with one attached hydrogen (secondary N) is 1. The minimum atomic E-state index is -4.57. The molecule has 0 aliphatic rings. The van der Waals surface area contributed by atoms with Crippen molar-refractivity contribution in [1.82, 2.24) is 5.32 Å². The van der Waals surface area contributed by atoms with Gasteiger partial charge in [0.25, 0.3) is 5.91 Å². The van der Waals surface area contributed by atoms with Gasteiger partial charge in [0.2, 0.25) is 0 Å². The summed E-state index contributed by atoms with van der Waals surface area (Å²) in [5.74, 6) is -1.36. The second-order valence-electron chi connectivity index (χ2n) is 5.41. The van der Waals surface area contributed by atoms with Crippen molar-refractivity contribution in [2.75, 3.05) is 7.11 Å². The summed E-state index contributed by atoms with van der Waals surface area (Å²) in [6, 6.07) is 9.71. The number of benzene rings is 2. The Balaban J connectivity index is 2.29. The molecule has 26 heavy (non-hydrogen) atoms. The molecular weight excluding hydrogens is 371 g/mol. The van der Waals surface area contributed by atoms with Crippen molar-refractivity contribution in [1.29, 1.82) is 0 Å². The Morgan fingerprint density at radius 1 is 1.15 bits per heavy atom. The first-order valence-corrected chi connectivity index (χ1v) is 7.89. The molecule has 0 spiro atoms. The average molecular weight is 386 g/mol. The van der Waals surface area contributed by atoms with Crippen LogP contribution in [-0.4, -0.2) is 19.0 Å². The van der Waals surface area contributed by atoms with E-state index in [1.165, 1.54) is 13.2 Å². The van der Waals surface area contributed by atoms with E-state index in [0.717, 1.165) is 18.2 Å². The molecule has 1 N–H and O–H groups in total. The van der Waals surface area contributed by atoms with E-state index in [4.69, 9.17) is 11.6 Å². The molecular formula is C18H15ClF3NO3.